The molecule has 1 amide bonds. The summed E-state index contributed by atoms with van der Waals surface area (Å²) in [4.78, 5) is 24.4. The van der Waals surface area contributed by atoms with Gasteiger partial charge in [-0.15, -0.1) is 0 Å². The number of rotatable bonds is 2. The average molecular weight is 329 g/mol. The molecule has 0 unspecified atom stereocenters. The second kappa shape index (κ2) is 6.12. The van der Waals surface area contributed by atoms with Gasteiger partial charge in [-0.3, -0.25) is 14.9 Å². The summed E-state index contributed by atoms with van der Waals surface area (Å²) in [6.07, 6.45) is 0.776. The number of amides is 1. The molecule has 1 aromatic rings. The third-order valence-electron chi connectivity index (χ3n) is 2.91. The topological polar surface area (TPSA) is 72.7 Å². The van der Waals surface area contributed by atoms with Crippen molar-refractivity contribution in [2.75, 3.05) is 26.3 Å². The van der Waals surface area contributed by atoms with Crippen molar-refractivity contribution < 1.29 is 14.5 Å². The van der Waals surface area contributed by atoms with Gasteiger partial charge in [-0.2, -0.15) is 0 Å². The fraction of sp³-hybridized carbons (Fsp3) is 0.417. The second-order valence-corrected chi connectivity index (χ2v) is 4.95. The van der Waals surface area contributed by atoms with Crippen LogP contribution in [0.15, 0.2) is 22.7 Å². The summed E-state index contributed by atoms with van der Waals surface area (Å²) < 4.78 is 5.52. The molecule has 0 aromatic heterocycles. The number of nitrogens with zero attached hydrogens (tertiary/aromatic N) is 2. The first-order valence-electron chi connectivity index (χ1n) is 5.91. The molecule has 0 spiro atoms. The molecule has 0 bridgehead atoms. The van der Waals surface area contributed by atoms with Crippen molar-refractivity contribution in [1.29, 1.82) is 0 Å². The molecule has 1 aromatic carbocycles. The summed E-state index contributed by atoms with van der Waals surface area (Å²) in [5, 5.41) is 10.9. The molecular formula is C12H13BrN2O4. The van der Waals surface area contributed by atoms with E-state index < -0.39 is 4.92 Å². The molecule has 1 aliphatic rings. The highest BCUT2D eigenvalue weighted by atomic mass is 79.9. The van der Waals surface area contributed by atoms with Gasteiger partial charge in [0.2, 0.25) is 0 Å². The minimum Gasteiger partial charge on any atom is -0.380 e. The zero-order chi connectivity index (χ0) is 13.8. The third kappa shape index (κ3) is 3.10. The lowest BCUT2D eigenvalue weighted by molar-refractivity contribution is -0.385. The van der Waals surface area contributed by atoms with E-state index >= 15 is 0 Å². The summed E-state index contributed by atoms with van der Waals surface area (Å²) in [6.45, 7) is 2.25. The first-order chi connectivity index (χ1) is 9.11. The van der Waals surface area contributed by atoms with Gasteiger partial charge in [0.1, 0.15) is 4.47 Å². The van der Waals surface area contributed by atoms with Crippen LogP contribution >= 0.6 is 15.9 Å². The van der Waals surface area contributed by atoms with Gasteiger partial charge in [-0.1, -0.05) is 6.07 Å². The Morgan fingerprint density at radius 2 is 2.16 bits per heavy atom. The quantitative estimate of drug-likeness (QED) is 0.616. The number of benzene rings is 1. The Balaban J connectivity index is 2.28. The molecular weight excluding hydrogens is 316 g/mol. The standard InChI is InChI=1S/C12H13BrN2O4/c13-11-9(3-1-4-10(11)15(17)18)12(16)14-5-2-7-19-8-6-14/h1,3-4H,2,5-8H2. The van der Waals surface area contributed by atoms with Crippen molar-refractivity contribution in [3.63, 3.8) is 0 Å². The van der Waals surface area contributed by atoms with E-state index in [-0.39, 0.29) is 16.1 Å². The van der Waals surface area contributed by atoms with Crippen LogP contribution in [0.2, 0.25) is 0 Å². The van der Waals surface area contributed by atoms with E-state index in [2.05, 4.69) is 15.9 Å². The second-order valence-electron chi connectivity index (χ2n) is 4.15. The Morgan fingerprint density at radius 1 is 1.37 bits per heavy atom. The zero-order valence-corrected chi connectivity index (χ0v) is 11.8. The van der Waals surface area contributed by atoms with Gasteiger partial charge in [0.15, 0.2) is 0 Å². The van der Waals surface area contributed by atoms with Crippen molar-refractivity contribution in [1.82, 2.24) is 4.90 Å². The van der Waals surface area contributed by atoms with E-state index in [1.54, 1.807) is 11.0 Å². The molecule has 7 heteroatoms. The van der Waals surface area contributed by atoms with E-state index in [4.69, 9.17) is 4.74 Å². The number of carbonyl (C=O) groups excluding carboxylic acids is 1. The lowest BCUT2D eigenvalue weighted by Gasteiger charge is -2.20. The van der Waals surface area contributed by atoms with Crippen LogP contribution in [0.3, 0.4) is 0 Å². The Bertz CT molecular complexity index is 499. The maximum Gasteiger partial charge on any atom is 0.284 e. The summed E-state index contributed by atoms with van der Waals surface area (Å²) in [7, 11) is 0. The smallest absolute Gasteiger partial charge is 0.284 e. The predicted molar refractivity (Wildman–Crippen MR) is 72.1 cm³/mol. The highest BCUT2D eigenvalue weighted by Crippen LogP contribution is 2.29. The van der Waals surface area contributed by atoms with E-state index in [1.807, 2.05) is 0 Å². The molecule has 6 nitrogen and oxygen atoms in total. The number of nitro benzene ring substituents is 1. The summed E-state index contributed by atoms with van der Waals surface area (Å²) in [6, 6.07) is 4.47. The van der Waals surface area contributed by atoms with Crippen LogP contribution in [0.1, 0.15) is 16.8 Å². The average Bonchev–Trinajstić information content (AvgIpc) is 2.66. The van der Waals surface area contributed by atoms with E-state index in [9.17, 15) is 14.9 Å². The molecule has 1 saturated heterocycles. The highest BCUT2D eigenvalue weighted by molar-refractivity contribution is 9.10. The normalized spacial score (nSPS) is 15.9. The van der Waals surface area contributed by atoms with Crippen LogP contribution in [-0.2, 0) is 4.74 Å². The van der Waals surface area contributed by atoms with Gasteiger partial charge < -0.3 is 9.64 Å². The Labute approximate surface area is 118 Å². The Morgan fingerprint density at radius 3 is 2.89 bits per heavy atom. The molecule has 102 valence electrons. The lowest BCUT2D eigenvalue weighted by Crippen LogP contribution is -2.33. The van der Waals surface area contributed by atoms with Crippen LogP contribution < -0.4 is 0 Å². The van der Waals surface area contributed by atoms with E-state index in [1.165, 1.54) is 12.1 Å². The van der Waals surface area contributed by atoms with Crippen LogP contribution in [0.5, 0.6) is 0 Å². The number of nitro groups is 1. The molecule has 2 rings (SSSR count). The predicted octanol–water partition coefficient (Wildman–Crippen LogP) is 2.22. The molecule has 0 N–H and O–H groups in total. The van der Waals surface area contributed by atoms with Crippen LogP contribution in [-0.4, -0.2) is 42.0 Å². The van der Waals surface area contributed by atoms with Gasteiger partial charge in [0.05, 0.1) is 17.1 Å². The van der Waals surface area contributed by atoms with Crippen LogP contribution in [0, 0.1) is 10.1 Å². The highest BCUT2D eigenvalue weighted by Gasteiger charge is 2.24. The van der Waals surface area contributed by atoms with Gasteiger partial charge in [0.25, 0.3) is 11.6 Å². The molecule has 0 atom stereocenters. The van der Waals surface area contributed by atoms with Gasteiger partial charge in [-0.25, -0.2) is 0 Å². The first kappa shape index (κ1) is 14.0. The fourth-order valence-corrected chi connectivity index (χ4v) is 2.52. The van der Waals surface area contributed by atoms with Gasteiger partial charge >= 0.3 is 0 Å². The van der Waals surface area contributed by atoms with Gasteiger partial charge in [-0.05, 0) is 28.4 Å². The molecule has 0 saturated carbocycles. The first-order valence-corrected chi connectivity index (χ1v) is 6.70. The minimum atomic E-state index is -0.508. The fourth-order valence-electron chi connectivity index (χ4n) is 1.95. The third-order valence-corrected chi connectivity index (χ3v) is 3.75. The van der Waals surface area contributed by atoms with E-state index in [0.29, 0.717) is 31.9 Å². The van der Waals surface area contributed by atoms with Crippen LogP contribution in [0.4, 0.5) is 5.69 Å². The van der Waals surface area contributed by atoms with Gasteiger partial charge in [0, 0.05) is 25.8 Å². The summed E-state index contributed by atoms with van der Waals surface area (Å²) in [5.41, 5.74) is 0.216. The minimum absolute atomic E-state index is 0.100. The zero-order valence-electron chi connectivity index (χ0n) is 10.2. The number of hydrogen-bond acceptors (Lipinski definition) is 4. The van der Waals surface area contributed by atoms with Crippen molar-refractivity contribution in [2.24, 2.45) is 0 Å². The largest absolute Gasteiger partial charge is 0.380 e. The maximum absolute atomic E-state index is 12.4. The number of halogens is 1. The van der Waals surface area contributed by atoms with Crippen molar-refractivity contribution >= 4 is 27.5 Å². The van der Waals surface area contributed by atoms with Crippen molar-refractivity contribution in [2.45, 2.75) is 6.42 Å². The number of hydrogen-bond donors (Lipinski definition) is 0. The monoisotopic (exact) mass is 328 g/mol. The Kier molecular flexibility index (Phi) is 4.49. The molecule has 1 heterocycles. The molecule has 1 fully saturated rings. The SMILES string of the molecule is O=C(c1cccc([N+](=O)[O-])c1Br)N1CCCOCC1. The lowest BCUT2D eigenvalue weighted by atomic mass is 10.1. The Hall–Kier alpha value is -1.47. The van der Waals surface area contributed by atoms with Crippen LogP contribution in [0.25, 0.3) is 0 Å². The summed E-state index contributed by atoms with van der Waals surface area (Å²) >= 11 is 3.15. The maximum atomic E-state index is 12.4. The van der Waals surface area contributed by atoms with Crippen molar-refractivity contribution in [3.05, 3.63) is 38.3 Å². The molecule has 0 radical (unpaired) electrons. The van der Waals surface area contributed by atoms with Crippen molar-refractivity contribution in [3.8, 4) is 0 Å². The number of ether oxygens (including phenoxy) is 1. The summed E-state index contributed by atoms with van der Waals surface area (Å²) in [5.74, 6) is -0.207. The molecule has 0 aliphatic carbocycles. The number of carbonyl (C=O) groups is 1. The molecule has 19 heavy (non-hydrogen) atoms. The van der Waals surface area contributed by atoms with E-state index in [0.717, 1.165) is 6.42 Å². The molecule has 1 aliphatic heterocycles.